The largest absolute Gasteiger partial charge is 0.504 e. The zero-order chi connectivity index (χ0) is 32.5. The molecule has 2 heterocycles. The van der Waals surface area contributed by atoms with Gasteiger partial charge in [-0.3, -0.25) is 9.69 Å². The van der Waals surface area contributed by atoms with Gasteiger partial charge < -0.3 is 26.4 Å². The number of anilines is 1. The van der Waals surface area contributed by atoms with E-state index in [4.69, 9.17) is 28.9 Å². The molecule has 8 nitrogen and oxygen atoms in total. The van der Waals surface area contributed by atoms with E-state index in [2.05, 4.69) is 73.4 Å². The summed E-state index contributed by atoms with van der Waals surface area (Å²) in [5.74, 6) is 1.46. The third-order valence-electron chi connectivity index (χ3n) is 7.85. The SMILES string of the molecule is C/C=C(\C=C/C(C)CN)CN(CC)CCC(C)CC.O=C(NCc1ccc(Cl)cc1Cl)c1cnc(N2CCNCC2)c(O)c1. The van der Waals surface area contributed by atoms with Gasteiger partial charge in [-0.2, -0.15) is 0 Å². The number of amides is 1. The molecular weight excluding hydrogens is 595 g/mol. The summed E-state index contributed by atoms with van der Waals surface area (Å²) in [5.41, 5.74) is 8.09. The number of aromatic hydroxyl groups is 1. The van der Waals surface area contributed by atoms with Gasteiger partial charge in [-0.1, -0.05) is 81.6 Å². The van der Waals surface area contributed by atoms with E-state index in [9.17, 15) is 9.90 Å². The van der Waals surface area contributed by atoms with Crippen LogP contribution in [0.1, 0.15) is 63.4 Å². The van der Waals surface area contributed by atoms with Crippen LogP contribution in [-0.4, -0.2) is 73.3 Å². The van der Waals surface area contributed by atoms with Gasteiger partial charge in [0.05, 0.1) is 5.56 Å². The van der Waals surface area contributed by atoms with Crippen molar-refractivity contribution in [1.82, 2.24) is 20.5 Å². The van der Waals surface area contributed by atoms with Gasteiger partial charge in [0.15, 0.2) is 11.6 Å². The number of benzene rings is 1. The van der Waals surface area contributed by atoms with Crippen LogP contribution in [0.2, 0.25) is 10.0 Å². The number of piperazine rings is 1. The second kappa shape index (κ2) is 20.4. The monoisotopic (exact) mass is 646 g/mol. The molecule has 1 fully saturated rings. The van der Waals surface area contributed by atoms with Crippen LogP contribution in [-0.2, 0) is 6.54 Å². The van der Waals surface area contributed by atoms with E-state index in [1.807, 2.05) is 4.90 Å². The number of carbonyl (C=O) groups excluding carboxylic acids is 1. The average molecular weight is 648 g/mol. The van der Waals surface area contributed by atoms with Crippen molar-refractivity contribution in [2.75, 3.05) is 57.3 Å². The molecule has 1 aromatic heterocycles. The molecular formula is C34H52Cl2N6O2. The van der Waals surface area contributed by atoms with Gasteiger partial charge >= 0.3 is 0 Å². The Morgan fingerprint density at radius 3 is 2.55 bits per heavy atom. The first-order chi connectivity index (χ1) is 21.1. The van der Waals surface area contributed by atoms with Gasteiger partial charge in [0, 0.05) is 55.5 Å². The number of hydrogen-bond donors (Lipinski definition) is 4. The van der Waals surface area contributed by atoms with E-state index < -0.39 is 0 Å². The standard InChI is InChI=1S/C17H18Cl2N4O2.C17H34N2/c18-13-2-1-11(14(19)8-13)9-22-17(25)12-7-15(24)16(21-10-12)23-5-3-20-4-6-23;1-6-15(4)11-12-19(8-3)14-17(7-2)10-9-16(5)13-18/h1-2,7-8,10,20,24H,3-6,9H2,(H,22,25);7,9-10,15-16H,6,8,11-14,18H2,1-5H3/b;10-9-,17-7+. The predicted octanol–water partition coefficient (Wildman–Crippen LogP) is 6.28. The summed E-state index contributed by atoms with van der Waals surface area (Å²) < 4.78 is 0. The number of rotatable bonds is 14. The van der Waals surface area contributed by atoms with Gasteiger partial charge in [0.25, 0.3) is 5.91 Å². The molecule has 1 aromatic carbocycles. The molecule has 244 valence electrons. The van der Waals surface area contributed by atoms with Gasteiger partial charge in [0.1, 0.15) is 0 Å². The van der Waals surface area contributed by atoms with Crippen molar-refractivity contribution >= 4 is 34.9 Å². The van der Waals surface area contributed by atoms with Gasteiger partial charge in [-0.25, -0.2) is 4.98 Å². The van der Waals surface area contributed by atoms with Crippen LogP contribution < -0.4 is 21.3 Å². The van der Waals surface area contributed by atoms with E-state index >= 15 is 0 Å². The van der Waals surface area contributed by atoms with E-state index in [1.54, 1.807) is 18.2 Å². The molecule has 2 aromatic rings. The smallest absolute Gasteiger partial charge is 0.253 e. The molecule has 1 saturated heterocycles. The maximum absolute atomic E-state index is 12.3. The van der Waals surface area contributed by atoms with Crippen LogP contribution in [0.25, 0.3) is 0 Å². The number of likely N-dealkylation sites (N-methyl/N-ethyl adjacent to an activating group) is 1. The summed E-state index contributed by atoms with van der Waals surface area (Å²) >= 11 is 11.9. The molecule has 0 aliphatic carbocycles. The zero-order valence-corrected chi connectivity index (χ0v) is 28.6. The zero-order valence-electron chi connectivity index (χ0n) is 27.1. The summed E-state index contributed by atoms with van der Waals surface area (Å²) in [6.07, 6.45) is 10.7. The number of nitrogens with one attached hydrogen (secondary N) is 2. The van der Waals surface area contributed by atoms with Crippen LogP contribution in [0, 0.1) is 11.8 Å². The van der Waals surface area contributed by atoms with Crippen LogP contribution in [0.15, 0.2) is 54.3 Å². The highest BCUT2D eigenvalue weighted by Gasteiger charge is 2.17. The van der Waals surface area contributed by atoms with E-state index in [1.165, 1.54) is 37.2 Å². The topological polar surface area (TPSA) is 107 Å². The summed E-state index contributed by atoms with van der Waals surface area (Å²) in [6, 6.07) is 6.53. The maximum Gasteiger partial charge on any atom is 0.253 e. The molecule has 1 aliphatic rings. The number of pyridine rings is 1. The van der Waals surface area contributed by atoms with Crippen LogP contribution in [0.5, 0.6) is 5.75 Å². The minimum atomic E-state index is -0.333. The molecule has 3 rings (SSSR count). The number of carbonyl (C=O) groups is 1. The number of nitrogens with zero attached hydrogens (tertiary/aromatic N) is 3. The highest BCUT2D eigenvalue weighted by molar-refractivity contribution is 6.35. The average Bonchev–Trinajstić information content (AvgIpc) is 3.04. The minimum Gasteiger partial charge on any atom is -0.504 e. The van der Waals surface area contributed by atoms with Crippen molar-refractivity contribution in [3.05, 3.63) is 75.4 Å². The summed E-state index contributed by atoms with van der Waals surface area (Å²) in [7, 11) is 0. The Morgan fingerprint density at radius 2 is 1.95 bits per heavy atom. The molecule has 0 radical (unpaired) electrons. The highest BCUT2D eigenvalue weighted by Crippen LogP contribution is 2.26. The number of aromatic nitrogens is 1. The molecule has 10 heteroatoms. The van der Waals surface area contributed by atoms with Crippen molar-refractivity contribution in [3.63, 3.8) is 0 Å². The lowest BCUT2D eigenvalue weighted by Crippen LogP contribution is -2.43. The molecule has 44 heavy (non-hydrogen) atoms. The molecule has 2 unspecified atom stereocenters. The van der Waals surface area contributed by atoms with E-state index in [-0.39, 0.29) is 18.2 Å². The Morgan fingerprint density at radius 1 is 1.23 bits per heavy atom. The molecule has 1 amide bonds. The first-order valence-electron chi connectivity index (χ1n) is 15.7. The quantitative estimate of drug-likeness (QED) is 0.179. The molecule has 0 spiro atoms. The Kier molecular flexibility index (Phi) is 17.4. The fraction of sp³-hybridized carbons (Fsp3) is 0.529. The molecule has 5 N–H and O–H groups in total. The first-order valence-corrected chi connectivity index (χ1v) is 16.5. The molecule has 2 atom stereocenters. The van der Waals surface area contributed by atoms with Crippen LogP contribution in [0.4, 0.5) is 5.82 Å². The molecule has 0 saturated carbocycles. The lowest BCUT2D eigenvalue weighted by atomic mass is 10.0. The Hall–Kier alpha value is -2.62. The van der Waals surface area contributed by atoms with Crippen molar-refractivity contribution in [1.29, 1.82) is 0 Å². The maximum atomic E-state index is 12.3. The van der Waals surface area contributed by atoms with Crippen molar-refractivity contribution in [3.8, 4) is 5.75 Å². The van der Waals surface area contributed by atoms with E-state index in [0.717, 1.165) is 57.3 Å². The number of hydrogen-bond acceptors (Lipinski definition) is 7. The van der Waals surface area contributed by atoms with Gasteiger partial charge in [0.2, 0.25) is 0 Å². The second-order valence-corrected chi connectivity index (χ2v) is 12.2. The Balaban J connectivity index is 0.000000321. The Bertz CT molecular complexity index is 1220. The summed E-state index contributed by atoms with van der Waals surface area (Å²) in [5, 5.41) is 17.2. The lowest BCUT2D eigenvalue weighted by molar-refractivity contribution is 0.0950. The van der Waals surface area contributed by atoms with Crippen molar-refractivity contribution in [2.45, 2.75) is 54.0 Å². The van der Waals surface area contributed by atoms with Crippen molar-refractivity contribution in [2.24, 2.45) is 17.6 Å². The second-order valence-electron chi connectivity index (χ2n) is 11.3. The number of nitrogens with two attached hydrogens (primary N) is 1. The fourth-order valence-corrected chi connectivity index (χ4v) is 4.93. The van der Waals surface area contributed by atoms with Crippen molar-refractivity contribution < 1.29 is 9.90 Å². The number of allylic oxidation sites excluding steroid dienone is 1. The van der Waals surface area contributed by atoms with Crippen LogP contribution >= 0.6 is 23.2 Å². The van der Waals surface area contributed by atoms with Gasteiger partial charge in [-0.15, -0.1) is 0 Å². The lowest BCUT2D eigenvalue weighted by Gasteiger charge is -2.28. The predicted molar refractivity (Wildman–Crippen MR) is 186 cm³/mol. The molecule has 0 bridgehead atoms. The summed E-state index contributed by atoms with van der Waals surface area (Å²) in [6.45, 7) is 18.7. The Labute approximate surface area is 274 Å². The molecule has 1 aliphatic heterocycles. The minimum absolute atomic E-state index is 0.000856. The van der Waals surface area contributed by atoms with Crippen LogP contribution in [0.3, 0.4) is 0 Å². The number of halogens is 2. The highest BCUT2D eigenvalue weighted by atomic mass is 35.5. The fourth-order valence-electron chi connectivity index (χ4n) is 4.45. The third kappa shape index (κ3) is 13.2. The third-order valence-corrected chi connectivity index (χ3v) is 8.44. The normalized spacial score (nSPS) is 15.2. The first kappa shape index (κ1) is 37.6. The van der Waals surface area contributed by atoms with E-state index in [0.29, 0.717) is 27.3 Å². The summed E-state index contributed by atoms with van der Waals surface area (Å²) in [4.78, 5) is 21.0. The van der Waals surface area contributed by atoms with Gasteiger partial charge in [-0.05, 0) is 74.2 Å².